The molecule has 0 aliphatic carbocycles. The molecule has 0 aliphatic heterocycles. The summed E-state index contributed by atoms with van der Waals surface area (Å²) in [6.07, 6.45) is 5.49. The second kappa shape index (κ2) is 9.20. The van der Waals surface area contributed by atoms with E-state index in [1.165, 1.54) is 17.3 Å². The molecule has 0 radical (unpaired) electrons. The molecule has 0 aliphatic rings. The number of H-pyrrole nitrogens is 1. The lowest BCUT2D eigenvalue weighted by Crippen LogP contribution is -2.03. The highest BCUT2D eigenvalue weighted by Crippen LogP contribution is 2.18. The van der Waals surface area contributed by atoms with E-state index in [0.29, 0.717) is 5.17 Å². The molecule has 0 saturated carbocycles. The SMILES string of the molecule is C.CC.CS/C(N)=N\N=C\c1c[nH]c2ccc(C)cc12. The molecule has 0 unspecified atom stereocenters. The van der Waals surface area contributed by atoms with Crippen molar-refractivity contribution in [3.05, 3.63) is 35.5 Å². The number of fused-ring (bicyclic) bond motifs is 1. The van der Waals surface area contributed by atoms with Gasteiger partial charge in [-0.25, -0.2) is 0 Å². The van der Waals surface area contributed by atoms with Gasteiger partial charge < -0.3 is 10.7 Å². The molecule has 0 fully saturated rings. The number of nitrogens with one attached hydrogen (secondary N) is 1. The molecule has 2 rings (SSSR count). The van der Waals surface area contributed by atoms with E-state index in [-0.39, 0.29) is 7.43 Å². The molecule has 4 nitrogen and oxygen atoms in total. The number of rotatable bonds is 2. The Kier molecular flexibility index (Phi) is 8.40. The summed E-state index contributed by atoms with van der Waals surface area (Å²) in [6, 6.07) is 6.25. The Bertz CT molecular complexity index is 585. The molecule has 0 atom stereocenters. The molecule has 0 saturated heterocycles. The number of amidine groups is 1. The van der Waals surface area contributed by atoms with Crippen LogP contribution in [0, 0.1) is 6.92 Å². The fraction of sp³-hybridized carbons (Fsp3) is 0.333. The maximum atomic E-state index is 5.54. The van der Waals surface area contributed by atoms with Gasteiger partial charge in [-0.1, -0.05) is 44.7 Å². The number of nitrogens with two attached hydrogens (primary N) is 1. The lowest BCUT2D eigenvalue weighted by atomic mass is 10.1. The van der Waals surface area contributed by atoms with Gasteiger partial charge >= 0.3 is 0 Å². The van der Waals surface area contributed by atoms with Crippen molar-refractivity contribution >= 4 is 34.0 Å². The maximum Gasteiger partial charge on any atom is 0.180 e. The lowest BCUT2D eigenvalue weighted by Gasteiger charge is -1.94. The Balaban J connectivity index is 0.00000115. The minimum Gasteiger partial charge on any atom is -0.377 e. The molecule has 0 spiro atoms. The first-order valence-corrected chi connectivity index (χ1v) is 7.41. The van der Waals surface area contributed by atoms with Crippen molar-refractivity contribution in [1.29, 1.82) is 0 Å². The number of thioether (sulfide) groups is 1. The van der Waals surface area contributed by atoms with Crippen LogP contribution in [0.15, 0.2) is 34.6 Å². The maximum absolute atomic E-state index is 5.54. The van der Waals surface area contributed by atoms with Crippen LogP contribution in [-0.4, -0.2) is 22.6 Å². The highest BCUT2D eigenvalue weighted by atomic mass is 32.2. The normalized spacial score (nSPS) is 11.1. The summed E-state index contributed by atoms with van der Waals surface area (Å²) in [6.45, 7) is 6.07. The Morgan fingerprint density at radius 1 is 1.35 bits per heavy atom. The number of nitrogens with zero attached hydrogens (tertiary/aromatic N) is 2. The largest absolute Gasteiger partial charge is 0.377 e. The monoisotopic (exact) mass is 292 g/mol. The minimum atomic E-state index is 0. The van der Waals surface area contributed by atoms with E-state index in [2.05, 4.69) is 40.3 Å². The highest BCUT2D eigenvalue weighted by molar-refractivity contribution is 8.13. The third-order valence-electron chi connectivity index (χ3n) is 2.43. The van der Waals surface area contributed by atoms with Gasteiger partial charge in [-0.2, -0.15) is 5.10 Å². The number of aryl methyl sites for hydroxylation is 1. The van der Waals surface area contributed by atoms with Gasteiger partial charge in [0, 0.05) is 22.7 Å². The molecular formula is C15H24N4S. The predicted octanol–water partition coefficient (Wildman–Crippen LogP) is 4.15. The standard InChI is InChI=1S/C12H14N4S.C2H6.CH4/c1-8-3-4-11-10(5-8)9(6-14-11)7-15-16-12(13)17-2;1-2;/h3-7,14H,1-2H3,(H2,13,16);1-2H3;1H4/b15-7+;;. The molecule has 0 amide bonds. The highest BCUT2D eigenvalue weighted by Gasteiger charge is 2.00. The van der Waals surface area contributed by atoms with Crippen molar-refractivity contribution in [2.45, 2.75) is 28.2 Å². The molecule has 1 heterocycles. The zero-order valence-electron chi connectivity index (χ0n) is 11.8. The van der Waals surface area contributed by atoms with Crippen LogP contribution in [-0.2, 0) is 0 Å². The van der Waals surface area contributed by atoms with Crippen LogP contribution in [0.2, 0.25) is 0 Å². The second-order valence-corrected chi connectivity index (χ2v) is 4.51. The molecule has 1 aromatic carbocycles. The summed E-state index contributed by atoms with van der Waals surface area (Å²) in [5, 5.41) is 9.42. The smallest absolute Gasteiger partial charge is 0.180 e. The van der Waals surface area contributed by atoms with Gasteiger partial charge in [0.1, 0.15) is 0 Å². The fourth-order valence-corrected chi connectivity index (χ4v) is 1.68. The molecule has 2 aromatic rings. The third kappa shape index (κ3) is 4.74. The zero-order valence-corrected chi connectivity index (χ0v) is 12.6. The lowest BCUT2D eigenvalue weighted by molar-refractivity contribution is 1.25. The molecule has 1 aromatic heterocycles. The number of hydrogen-bond acceptors (Lipinski definition) is 3. The summed E-state index contributed by atoms with van der Waals surface area (Å²) in [5.41, 5.74) is 8.87. The summed E-state index contributed by atoms with van der Waals surface area (Å²) in [7, 11) is 0. The van der Waals surface area contributed by atoms with Crippen LogP contribution < -0.4 is 5.73 Å². The number of benzene rings is 1. The first kappa shape index (κ1) is 18.2. The van der Waals surface area contributed by atoms with E-state index >= 15 is 0 Å². The molecule has 110 valence electrons. The van der Waals surface area contributed by atoms with E-state index in [0.717, 1.165) is 16.5 Å². The predicted molar refractivity (Wildman–Crippen MR) is 93.8 cm³/mol. The number of hydrogen-bond donors (Lipinski definition) is 2. The Hall–Kier alpha value is -1.75. The Morgan fingerprint density at radius 2 is 2.05 bits per heavy atom. The average molecular weight is 292 g/mol. The van der Waals surface area contributed by atoms with E-state index in [1.807, 2.05) is 26.3 Å². The van der Waals surface area contributed by atoms with Crippen molar-refractivity contribution in [2.24, 2.45) is 15.9 Å². The fourth-order valence-electron chi connectivity index (χ4n) is 1.55. The van der Waals surface area contributed by atoms with Crippen LogP contribution in [0.4, 0.5) is 0 Å². The Labute approximate surface area is 125 Å². The second-order valence-electron chi connectivity index (χ2n) is 3.68. The topological polar surface area (TPSA) is 66.5 Å². The van der Waals surface area contributed by atoms with Crippen molar-refractivity contribution in [2.75, 3.05) is 6.26 Å². The van der Waals surface area contributed by atoms with E-state index in [9.17, 15) is 0 Å². The van der Waals surface area contributed by atoms with E-state index in [4.69, 9.17) is 5.73 Å². The van der Waals surface area contributed by atoms with Gasteiger partial charge in [0.2, 0.25) is 0 Å². The van der Waals surface area contributed by atoms with Crippen LogP contribution in [0.5, 0.6) is 0 Å². The summed E-state index contributed by atoms with van der Waals surface area (Å²) >= 11 is 1.37. The van der Waals surface area contributed by atoms with Gasteiger partial charge in [-0.3, -0.25) is 0 Å². The molecule has 20 heavy (non-hydrogen) atoms. The first-order chi connectivity index (χ1) is 9.20. The van der Waals surface area contributed by atoms with Crippen LogP contribution >= 0.6 is 11.8 Å². The van der Waals surface area contributed by atoms with Gasteiger partial charge in [0.05, 0.1) is 6.21 Å². The molecule has 0 bridgehead atoms. The van der Waals surface area contributed by atoms with Crippen molar-refractivity contribution < 1.29 is 0 Å². The zero-order chi connectivity index (χ0) is 14.3. The van der Waals surface area contributed by atoms with Gasteiger partial charge in [-0.15, -0.1) is 5.10 Å². The molecular weight excluding hydrogens is 268 g/mol. The summed E-state index contributed by atoms with van der Waals surface area (Å²) in [4.78, 5) is 3.19. The third-order valence-corrected chi connectivity index (χ3v) is 2.93. The van der Waals surface area contributed by atoms with E-state index < -0.39 is 0 Å². The van der Waals surface area contributed by atoms with Crippen LogP contribution in [0.3, 0.4) is 0 Å². The summed E-state index contributed by atoms with van der Waals surface area (Å²) in [5.74, 6) is 0. The summed E-state index contributed by atoms with van der Waals surface area (Å²) < 4.78 is 0. The van der Waals surface area contributed by atoms with Gasteiger partial charge in [0.15, 0.2) is 5.17 Å². The minimum absolute atomic E-state index is 0. The molecule has 3 N–H and O–H groups in total. The van der Waals surface area contributed by atoms with Crippen molar-refractivity contribution in [3.63, 3.8) is 0 Å². The molecule has 5 heteroatoms. The average Bonchev–Trinajstić information content (AvgIpc) is 2.83. The van der Waals surface area contributed by atoms with Crippen LogP contribution in [0.1, 0.15) is 32.4 Å². The quantitative estimate of drug-likeness (QED) is 0.496. The Morgan fingerprint density at radius 3 is 2.70 bits per heavy atom. The number of aromatic amines is 1. The van der Waals surface area contributed by atoms with E-state index in [1.54, 1.807) is 6.21 Å². The first-order valence-electron chi connectivity index (χ1n) is 6.19. The van der Waals surface area contributed by atoms with Gasteiger partial charge in [-0.05, 0) is 25.3 Å². The van der Waals surface area contributed by atoms with Gasteiger partial charge in [0.25, 0.3) is 0 Å². The van der Waals surface area contributed by atoms with Crippen molar-refractivity contribution in [1.82, 2.24) is 4.98 Å². The van der Waals surface area contributed by atoms with Crippen molar-refractivity contribution in [3.8, 4) is 0 Å². The van der Waals surface area contributed by atoms with Crippen LogP contribution in [0.25, 0.3) is 10.9 Å². The number of aromatic nitrogens is 1.